The van der Waals surface area contributed by atoms with Crippen LogP contribution in [0.15, 0.2) is 23.2 Å². The molecule has 0 aromatic heterocycles. The maximum Gasteiger partial charge on any atom is 0.416 e. The van der Waals surface area contributed by atoms with Crippen LogP contribution in [-0.2, 0) is 12.4 Å². The number of hydrogen-bond donors (Lipinski definition) is 2. The van der Waals surface area contributed by atoms with Crippen LogP contribution in [0.4, 0.5) is 32.0 Å². The molecule has 1 aliphatic heterocycles. The van der Waals surface area contributed by atoms with Crippen LogP contribution in [-0.4, -0.2) is 36.5 Å². The Kier molecular flexibility index (Phi) is 7.32. The Hall–Kier alpha value is -1.97. The van der Waals surface area contributed by atoms with E-state index in [0.29, 0.717) is 25.2 Å². The lowest BCUT2D eigenvalue weighted by Crippen LogP contribution is -2.46. The Morgan fingerprint density at radius 2 is 1.63 bits per heavy atom. The van der Waals surface area contributed by atoms with E-state index in [9.17, 15) is 26.3 Å². The highest BCUT2D eigenvalue weighted by molar-refractivity contribution is 5.94. The number of halogens is 6. The topological polar surface area (TPSA) is 53.6 Å². The van der Waals surface area contributed by atoms with Gasteiger partial charge < -0.3 is 16.0 Å². The number of guanidine groups is 1. The lowest BCUT2D eigenvalue weighted by molar-refractivity contribution is -0.143. The predicted octanol–water partition coefficient (Wildman–Crippen LogP) is 5.35. The van der Waals surface area contributed by atoms with Crippen molar-refractivity contribution in [3.8, 4) is 0 Å². The SMILES string of the molecule is CC1CCCCN1C(=NCC(C)(C)CN)Nc1cc(C(F)(F)F)cc(C(F)(F)F)c1. The molecule has 0 spiro atoms. The van der Waals surface area contributed by atoms with Gasteiger partial charge >= 0.3 is 12.4 Å². The molecule has 1 aromatic carbocycles. The van der Waals surface area contributed by atoms with Crippen molar-refractivity contribution in [2.75, 3.05) is 25.0 Å². The fourth-order valence-corrected chi connectivity index (χ4v) is 3.12. The monoisotopic (exact) mass is 438 g/mol. The molecule has 3 N–H and O–H groups in total. The zero-order chi connectivity index (χ0) is 22.7. The Labute approximate surface area is 172 Å². The van der Waals surface area contributed by atoms with E-state index in [-0.39, 0.29) is 35.7 Å². The third-order valence-corrected chi connectivity index (χ3v) is 5.13. The second kappa shape index (κ2) is 9.03. The quantitative estimate of drug-likeness (QED) is 0.379. The number of aliphatic imine (C=N–C) groups is 1. The third-order valence-electron chi connectivity index (χ3n) is 5.13. The maximum atomic E-state index is 13.2. The van der Waals surface area contributed by atoms with E-state index < -0.39 is 23.5 Å². The molecule has 10 heteroatoms. The fourth-order valence-electron chi connectivity index (χ4n) is 3.12. The van der Waals surface area contributed by atoms with Crippen LogP contribution in [0.2, 0.25) is 0 Å². The molecule has 0 aliphatic carbocycles. The van der Waals surface area contributed by atoms with Crippen LogP contribution in [0.1, 0.15) is 51.2 Å². The summed E-state index contributed by atoms with van der Waals surface area (Å²) in [5, 5.41) is 2.74. The zero-order valence-corrected chi connectivity index (χ0v) is 17.3. The van der Waals surface area contributed by atoms with Gasteiger partial charge in [-0.2, -0.15) is 26.3 Å². The summed E-state index contributed by atoms with van der Waals surface area (Å²) in [6.45, 7) is 6.96. The minimum atomic E-state index is -4.91. The van der Waals surface area contributed by atoms with Gasteiger partial charge in [0.15, 0.2) is 5.96 Å². The first-order valence-electron chi connectivity index (χ1n) is 9.80. The molecule has 1 saturated heterocycles. The largest absolute Gasteiger partial charge is 0.416 e. The molecule has 1 aromatic rings. The minimum Gasteiger partial charge on any atom is -0.340 e. The molecule has 30 heavy (non-hydrogen) atoms. The van der Waals surface area contributed by atoms with Gasteiger partial charge in [0, 0.05) is 24.8 Å². The summed E-state index contributed by atoms with van der Waals surface area (Å²) in [5.41, 5.74) is 2.33. The first-order valence-corrected chi connectivity index (χ1v) is 9.80. The standard InChI is InChI=1S/C20H28F6N4/c1-13-6-4-5-7-30(13)17(28-12-18(2,3)11-27)29-16-9-14(19(21,22)23)8-15(10-16)20(24,25)26/h8-10,13H,4-7,11-12,27H2,1-3H3,(H,28,29). The van der Waals surface area contributed by atoms with E-state index in [0.717, 1.165) is 19.3 Å². The number of piperidine rings is 1. The van der Waals surface area contributed by atoms with E-state index in [1.807, 2.05) is 25.7 Å². The fraction of sp³-hybridized carbons (Fsp3) is 0.650. The number of likely N-dealkylation sites (tertiary alicyclic amines) is 1. The third kappa shape index (κ3) is 6.52. The van der Waals surface area contributed by atoms with Crippen molar-refractivity contribution in [3.05, 3.63) is 29.3 Å². The van der Waals surface area contributed by atoms with Gasteiger partial charge in [0.1, 0.15) is 0 Å². The molecule has 1 unspecified atom stereocenters. The summed E-state index contributed by atoms with van der Waals surface area (Å²) in [4.78, 5) is 6.40. The molecule has 1 aliphatic rings. The first-order chi connectivity index (χ1) is 13.7. The van der Waals surface area contributed by atoms with Crippen molar-refractivity contribution < 1.29 is 26.3 Å². The van der Waals surface area contributed by atoms with E-state index in [1.165, 1.54) is 0 Å². The van der Waals surface area contributed by atoms with E-state index in [1.54, 1.807) is 0 Å². The molecule has 0 saturated carbocycles. The summed E-state index contributed by atoms with van der Waals surface area (Å²) < 4.78 is 79.1. The molecule has 2 rings (SSSR count). The molecule has 0 bridgehead atoms. The van der Waals surface area contributed by atoms with Crippen molar-refractivity contribution in [2.45, 2.75) is 58.4 Å². The second-order valence-electron chi connectivity index (χ2n) is 8.47. The van der Waals surface area contributed by atoms with Crippen LogP contribution in [0.25, 0.3) is 0 Å². The number of alkyl halides is 6. The molecule has 0 radical (unpaired) electrons. The van der Waals surface area contributed by atoms with Crippen LogP contribution in [0.3, 0.4) is 0 Å². The van der Waals surface area contributed by atoms with Crippen molar-refractivity contribution >= 4 is 11.6 Å². The predicted molar refractivity (Wildman–Crippen MR) is 105 cm³/mol. The number of hydrogen-bond acceptors (Lipinski definition) is 2. The average Bonchev–Trinajstić information content (AvgIpc) is 2.64. The van der Waals surface area contributed by atoms with Gasteiger partial charge in [-0.05, 0) is 56.3 Å². The summed E-state index contributed by atoms with van der Waals surface area (Å²) in [5.74, 6) is 0.260. The van der Waals surface area contributed by atoms with Gasteiger partial charge in [-0.1, -0.05) is 13.8 Å². The van der Waals surface area contributed by atoms with Gasteiger partial charge in [0.25, 0.3) is 0 Å². The van der Waals surface area contributed by atoms with Gasteiger partial charge in [-0.3, -0.25) is 4.99 Å². The number of anilines is 1. The molecule has 1 atom stereocenters. The molecule has 170 valence electrons. The second-order valence-corrected chi connectivity index (χ2v) is 8.47. The smallest absolute Gasteiger partial charge is 0.340 e. The maximum absolute atomic E-state index is 13.2. The summed E-state index contributed by atoms with van der Waals surface area (Å²) in [6.07, 6.45) is -7.09. The van der Waals surface area contributed by atoms with Crippen LogP contribution < -0.4 is 11.1 Å². The van der Waals surface area contributed by atoms with Gasteiger partial charge in [0.2, 0.25) is 0 Å². The van der Waals surface area contributed by atoms with Gasteiger partial charge in [-0.25, -0.2) is 0 Å². The highest BCUT2D eigenvalue weighted by Gasteiger charge is 2.37. The Bertz CT molecular complexity index is 722. The highest BCUT2D eigenvalue weighted by Crippen LogP contribution is 2.37. The highest BCUT2D eigenvalue weighted by atomic mass is 19.4. The number of nitrogens with two attached hydrogens (primary N) is 1. The average molecular weight is 438 g/mol. The molecule has 1 heterocycles. The van der Waals surface area contributed by atoms with E-state index in [4.69, 9.17) is 5.73 Å². The summed E-state index contributed by atoms with van der Waals surface area (Å²) in [6, 6.07) is 1.52. The number of benzene rings is 1. The van der Waals surface area contributed by atoms with Gasteiger partial charge in [0.05, 0.1) is 11.1 Å². The Morgan fingerprint density at radius 3 is 2.10 bits per heavy atom. The van der Waals surface area contributed by atoms with Crippen molar-refractivity contribution in [1.29, 1.82) is 0 Å². The first kappa shape index (κ1) is 24.3. The molecular formula is C20H28F6N4. The van der Waals surface area contributed by atoms with Gasteiger partial charge in [-0.15, -0.1) is 0 Å². The number of nitrogens with one attached hydrogen (secondary N) is 1. The zero-order valence-electron chi connectivity index (χ0n) is 17.3. The lowest BCUT2D eigenvalue weighted by atomic mass is 9.94. The number of nitrogens with zero attached hydrogens (tertiary/aromatic N) is 2. The molecule has 1 fully saturated rings. The lowest BCUT2D eigenvalue weighted by Gasteiger charge is -2.36. The van der Waals surface area contributed by atoms with Crippen LogP contribution >= 0.6 is 0 Å². The summed E-state index contributed by atoms with van der Waals surface area (Å²) in [7, 11) is 0. The molecule has 0 amide bonds. The molecular weight excluding hydrogens is 410 g/mol. The van der Waals surface area contributed by atoms with Crippen molar-refractivity contribution in [1.82, 2.24) is 4.90 Å². The van der Waals surface area contributed by atoms with Crippen molar-refractivity contribution in [3.63, 3.8) is 0 Å². The minimum absolute atomic E-state index is 0.0545. The van der Waals surface area contributed by atoms with E-state index >= 15 is 0 Å². The molecule has 4 nitrogen and oxygen atoms in total. The van der Waals surface area contributed by atoms with Crippen molar-refractivity contribution in [2.24, 2.45) is 16.1 Å². The van der Waals surface area contributed by atoms with E-state index in [2.05, 4.69) is 10.3 Å². The van der Waals surface area contributed by atoms with Crippen LogP contribution in [0.5, 0.6) is 0 Å². The Balaban J connectivity index is 2.46. The number of rotatable bonds is 4. The summed E-state index contributed by atoms with van der Waals surface area (Å²) >= 11 is 0. The Morgan fingerprint density at radius 1 is 1.07 bits per heavy atom. The normalized spacial score (nSPS) is 19.2. The van der Waals surface area contributed by atoms with Crippen LogP contribution in [0, 0.1) is 5.41 Å².